The Hall–Kier alpha value is -3.73. The Labute approximate surface area is 193 Å². The van der Waals surface area contributed by atoms with Crippen molar-refractivity contribution >= 4 is 24.1 Å². The van der Waals surface area contributed by atoms with Gasteiger partial charge in [-0.1, -0.05) is 12.1 Å². The highest BCUT2D eigenvalue weighted by Gasteiger charge is 2.34. The molecule has 2 atom stereocenters. The molecule has 0 aromatic heterocycles. The van der Waals surface area contributed by atoms with Crippen molar-refractivity contribution in [2.24, 2.45) is 10.8 Å². The monoisotopic (exact) mass is 477 g/mol. The van der Waals surface area contributed by atoms with Crippen molar-refractivity contribution in [1.29, 1.82) is 0 Å². The van der Waals surface area contributed by atoms with Crippen molar-refractivity contribution in [3.63, 3.8) is 0 Å². The SMILES string of the molecule is COC(=O)c1ccc(COC(=O)C2CC=NN2C(=O)C[C@H](N)Cc2cc(F)c(F)cc2F)cc1. The predicted octanol–water partition coefficient (Wildman–Crippen LogP) is 2.48. The van der Waals surface area contributed by atoms with Gasteiger partial charge in [-0.15, -0.1) is 0 Å². The first-order valence-electron chi connectivity index (χ1n) is 10.3. The van der Waals surface area contributed by atoms with Gasteiger partial charge < -0.3 is 15.2 Å². The van der Waals surface area contributed by atoms with E-state index in [9.17, 15) is 27.6 Å². The molecule has 1 aliphatic rings. The van der Waals surface area contributed by atoms with Gasteiger partial charge in [0.05, 0.1) is 12.7 Å². The minimum Gasteiger partial charge on any atom is -0.465 e. The minimum absolute atomic E-state index is 0.0895. The van der Waals surface area contributed by atoms with Crippen LogP contribution in [0.15, 0.2) is 41.5 Å². The maximum absolute atomic E-state index is 13.8. The predicted molar refractivity (Wildman–Crippen MR) is 114 cm³/mol. The maximum atomic E-state index is 13.8. The molecule has 1 amide bonds. The van der Waals surface area contributed by atoms with Crippen molar-refractivity contribution in [3.8, 4) is 0 Å². The Balaban J connectivity index is 1.54. The number of methoxy groups -OCH3 is 1. The molecule has 0 fully saturated rings. The summed E-state index contributed by atoms with van der Waals surface area (Å²) in [5, 5.41) is 4.85. The molecule has 34 heavy (non-hydrogen) atoms. The highest BCUT2D eigenvalue weighted by molar-refractivity contribution is 5.90. The molecule has 0 radical (unpaired) electrons. The zero-order valence-electron chi connectivity index (χ0n) is 18.2. The Bertz CT molecular complexity index is 1110. The molecule has 0 aliphatic carbocycles. The van der Waals surface area contributed by atoms with Crippen molar-refractivity contribution in [2.45, 2.75) is 38.0 Å². The molecule has 3 rings (SSSR count). The number of esters is 2. The number of nitrogens with zero attached hydrogens (tertiary/aromatic N) is 2. The Morgan fingerprint density at radius 2 is 1.79 bits per heavy atom. The normalized spacial score (nSPS) is 15.8. The van der Waals surface area contributed by atoms with Crippen LogP contribution in [0.2, 0.25) is 0 Å². The van der Waals surface area contributed by atoms with E-state index in [-0.39, 0.29) is 31.4 Å². The zero-order chi connectivity index (χ0) is 24.8. The zero-order valence-corrected chi connectivity index (χ0v) is 18.2. The second-order valence-electron chi connectivity index (χ2n) is 7.61. The topological polar surface area (TPSA) is 111 Å². The molecule has 2 aromatic carbocycles. The highest BCUT2D eigenvalue weighted by atomic mass is 19.2. The number of carbonyl (C=O) groups excluding carboxylic acids is 3. The number of amides is 1. The van der Waals surface area contributed by atoms with Crippen molar-refractivity contribution in [1.82, 2.24) is 5.01 Å². The number of hydrazone groups is 1. The molecule has 2 aromatic rings. The van der Waals surface area contributed by atoms with Gasteiger partial charge in [0, 0.05) is 31.2 Å². The molecule has 8 nitrogen and oxygen atoms in total. The summed E-state index contributed by atoms with van der Waals surface area (Å²) in [6.07, 6.45) is 0.992. The van der Waals surface area contributed by atoms with E-state index in [1.807, 2.05) is 0 Å². The molecule has 1 unspecified atom stereocenters. The number of halogens is 3. The molecule has 1 heterocycles. The molecular weight excluding hydrogens is 455 g/mol. The van der Waals surface area contributed by atoms with E-state index in [0.29, 0.717) is 23.3 Å². The van der Waals surface area contributed by atoms with Crippen LogP contribution in [0.1, 0.15) is 34.3 Å². The van der Waals surface area contributed by atoms with Gasteiger partial charge in [-0.2, -0.15) is 5.10 Å². The lowest BCUT2D eigenvalue weighted by molar-refractivity contribution is -0.155. The summed E-state index contributed by atoms with van der Waals surface area (Å²) < 4.78 is 50.2. The first-order chi connectivity index (χ1) is 16.2. The summed E-state index contributed by atoms with van der Waals surface area (Å²) >= 11 is 0. The van der Waals surface area contributed by atoms with E-state index < -0.39 is 47.4 Å². The Morgan fingerprint density at radius 3 is 2.47 bits per heavy atom. The summed E-state index contributed by atoms with van der Waals surface area (Å²) in [6, 6.07) is 5.46. The first-order valence-corrected chi connectivity index (χ1v) is 10.3. The number of nitrogens with two attached hydrogens (primary N) is 1. The fourth-order valence-corrected chi connectivity index (χ4v) is 3.35. The molecular formula is C23H22F3N3O5. The van der Waals surface area contributed by atoms with Crippen LogP contribution in [0, 0.1) is 17.5 Å². The summed E-state index contributed by atoms with van der Waals surface area (Å²) in [5.41, 5.74) is 6.70. The van der Waals surface area contributed by atoms with Crippen LogP contribution >= 0.6 is 0 Å². The third-order valence-corrected chi connectivity index (χ3v) is 5.12. The van der Waals surface area contributed by atoms with E-state index in [4.69, 9.17) is 10.5 Å². The Morgan fingerprint density at radius 1 is 1.12 bits per heavy atom. The number of hydrogen-bond acceptors (Lipinski definition) is 7. The van der Waals surface area contributed by atoms with Crippen LogP contribution in [-0.4, -0.2) is 48.3 Å². The van der Waals surface area contributed by atoms with Crippen molar-refractivity contribution < 1.29 is 37.0 Å². The lowest BCUT2D eigenvalue weighted by Gasteiger charge is -2.22. The molecule has 2 N–H and O–H groups in total. The van der Waals surface area contributed by atoms with Gasteiger partial charge in [0.2, 0.25) is 5.91 Å². The molecule has 180 valence electrons. The van der Waals surface area contributed by atoms with Gasteiger partial charge in [0.1, 0.15) is 12.4 Å². The van der Waals surface area contributed by atoms with Gasteiger partial charge in [-0.05, 0) is 35.7 Å². The quantitative estimate of drug-likeness (QED) is 0.462. The number of ether oxygens (including phenoxy) is 2. The van der Waals surface area contributed by atoms with Gasteiger partial charge in [0.25, 0.3) is 0 Å². The fraction of sp³-hybridized carbons (Fsp3) is 0.304. The maximum Gasteiger partial charge on any atom is 0.337 e. The number of hydrogen-bond donors (Lipinski definition) is 1. The first kappa shape index (κ1) is 24.9. The van der Waals surface area contributed by atoms with Crippen molar-refractivity contribution in [2.75, 3.05) is 7.11 Å². The summed E-state index contributed by atoms with van der Waals surface area (Å²) in [4.78, 5) is 36.6. The molecule has 0 saturated heterocycles. The van der Waals surface area contributed by atoms with Crippen LogP contribution in [-0.2, 0) is 32.1 Å². The Kier molecular flexibility index (Phi) is 8.00. The summed E-state index contributed by atoms with van der Waals surface area (Å²) in [6.45, 7) is -0.0895. The second kappa shape index (κ2) is 10.9. The van der Waals surface area contributed by atoms with Gasteiger partial charge in [0.15, 0.2) is 17.7 Å². The van der Waals surface area contributed by atoms with Crippen LogP contribution in [0.5, 0.6) is 0 Å². The number of benzene rings is 2. The summed E-state index contributed by atoms with van der Waals surface area (Å²) in [7, 11) is 1.27. The van der Waals surface area contributed by atoms with E-state index in [1.165, 1.54) is 25.5 Å². The van der Waals surface area contributed by atoms with Crippen molar-refractivity contribution in [3.05, 3.63) is 70.5 Å². The summed E-state index contributed by atoms with van der Waals surface area (Å²) in [5.74, 6) is -5.30. The third kappa shape index (κ3) is 5.98. The third-order valence-electron chi connectivity index (χ3n) is 5.12. The van der Waals surface area contributed by atoms with E-state index >= 15 is 0 Å². The van der Waals surface area contributed by atoms with Crippen LogP contribution in [0.25, 0.3) is 0 Å². The molecule has 1 aliphatic heterocycles. The van der Waals surface area contributed by atoms with Gasteiger partial charge in [-0.25, -0.2) is 27.8 Å². The van der Waals surface area contributed by atoms with Gasteiger partial charge >= 0.3 is 11.9 Å². The lowest BCUT2D eigenvalue weighted by Crippen LogP contribution is -2.42. The van der Waals surface area contributed by atoms with E-state index in [2.05, 4.69) is 9.84 Å². The average Bonchev–Trinajstić information content (AvgIpc) is 3.31. The number of carbonyl (C=O) groups is 3. The largest absolute Gasteiger partial charge is 0.465 e. The van der Waals surface area contributed by atoms with Gasteiger partial charge in [-0.3, -0.25) is 4.79 Å². The second-order valence-corrected chi connectivity index (χ2v) is 7.61. The molecule has 11 heteroatoms. The van der Waals surface area contributed by atoms with Crippen LogP contribution in [0.4, 0.5) is 13.2 Å². The standard InChI is InChI=1S/C23H22F3N3O5/c1-33-22(31)14-4-2-13(3-5-14)12-34-23(32)20-6-7-28-29(20)21(30)10-16(27)8-15-9-18(25)19(26)11-17(15)24/h2-5,7,9,11,16,20H,6,8,10,12,27H2,1H3/t16-,20?/m1/s1. The molecule has 0 saturated carbocycles. The average molecular weight is 477 g/mol. The molecule has 0 spiro atoms. The van der Waals surface area contributed by atoms with Crippen LogP contribution < -0.4 is 5.73 Å². The molecule has 0 bridgehead atoms. The minimum atomic E-state index is -1.32. The number of rotatable bonds is 8. The van der Waals surface area contributed by atoms with E-state index in [0.717, 1.165) is 5.01 Å². The smallest absolute Gasteiger partial charge is 0.337 e. The lowest BCUT2D eigenvalue weighted by atomic mass is 10.0. The van der Waals surface area contributed by atoms with Crippen LogP contribution in [0.3, 0.4) is 0 Å². The fourth-order valence-electron chi connectivity index (χ4n) is 3.35. The van der Waals surface area contributed by atoms with E-state index in [1.54, 1.807) is 12.1 Å². The highest BCUT2D eigenvalue weighted by Crippen LogP contribution is 2.19.